The number of ether oxygens (including phenoxy) is 1. The molecular formula is C27H16F5N3O2S. The van der Waals surface area contributed by atoms with Gasteiger partial charge in [0, 0.05) is 11.6 Å². The summed E-state index contributed by atoms with van der Waals surface area (Å²) in [5.74, 6) is -1.48. The molecule has 0 aliphatic carbocycles. The summed E-state index contributed by atoms with van der Waals surface area (Å²) in [6, 6.07) is 13.0. The van der Waals surface area contributed by atoms with Crippen molar-refractivity contribution in [2.45, 2.75) is 19.6 Å². The van der Waals surface area contributed by atoms with Crippen molar-refractivity contribution in [3.63, 3.8) is 0 Å². The first-order valence-electron chi connectivity index (χ1n) is 11.0. The minimum atomic E-state index is -5.00. The number of hydrogen-bond acceptors (Lipinski definition) is 5. The molecule has 0 fully saturated rings. The van der Waals surface area contributed by atoms with Crippen LogP contribution in [0.2, 0.25) is 0 Å². The highest BCUT2D eigenvalue weighted by Crippen LogP contribution is 2.38. The first-order chi connectivity index (χ1) is 18.1. The number of nitriles is 2. The average molecular weight is 542 g/mol. The highest BCUT2D eigenvalue weighted by molar-refractivity contribution is 7.14. The number of aromatic nitrogens is 1. The highest BCUT2D eigenvalue weighted by Gasteiger charge is 2.36. The summed E-state index contributed by atoms with van der Waals surface area (Å²) in [7, 11) is 0. The van der Waals surface area contributed by atoms with Crippen molar-refractivity contribution < 1.29 is 26.7 Å². The van der Waals surface area contributed by atoms with E-state index in [0.29, 0.717) is 35.6 Å². The van der Waals surface area contributed by atoms with Crippen LogP contribution in [0.3, 0.4) is 0 Å². The summed E-state index contributed by atoms with van der Waals surface area (Å²) < 4.78 is 75.5. The SMILES string of the molecule is CCOc1ccc(-c2csc(-c3cc(C(F)(F)F)c(C#N)c(=O)n3Cc3ccc(F)cc3F)c2)cc1C#N. The second-order valence-electron chi connectivity index (χ2n) is 8.01. The van der Waals surface area contributed by atoms with E-state index in [1.54, 1.807) is 30.5 Å². The molecule has 4 aromatic rings. The number of thiophene rings is 1. The summed E-state index contributed by atoms with van der Waals surface area (Å²) in [6.45, 7) is 1.58. The van der Waals surface area contributed by atoms with Crippen LogP contribution in [0.1, 0.15) is 29.2 Å². The van der Waals surface area contributed by atoms with Gasteiger partial charge in [0.25, 0.3) is 5.56 Å². The second-order valence-corrected chi connectivity index (χ2v) is 8.92. The molecule has 0 saturated heterocycles. The van der Waals surface area contributed by atoms with Crippen LogP contribution in [0.15, 0.2) is 58.7 Å². The van der Waals surface area contributed by atoms with Crippen LogP contribution in [0.25, 0.3) is 21.7 Å². The summed E-state index contributed by atoms with van der Waals surface area (Å²) >= 11 is 1.02. The number of alkyl halides is 3. The maximum Gasteiger partial charge on any atom is 0.417 e. The Morgan fingerprint density at radius 1 is 1.00 bits per heavy atom. The summed E-state index contributed by atoms with van der Waals surface area (Å²) in [4.78, 5) is 13.3. The van der Waals surface area contributed by atoms with E-state index < -0.39 is 41.0 Å². The smallest absolute Gasteiger partial charge is 0.417 e. The Labute approximate surface area is 217 Å². The molecule has 0 aliphatic heterocycles. The highest BCUT2D eigenvalue weighted by atomic mass is 32.1. The van der Waals surface area contributed by atoms with E-state index in [-0.39, 0.29) is 21.7 Å². The predicted molar refractivity (Wildman–Crippen MR) is 131 cm³/mol. The Kier molecular flexibility index (Phi) is 7.33. The van der Waals surface area contributed by atoms with Crippen LogP contribution < -0.4 is 10.3 Å². The van der Waals surface area contributed by atoms with Crippen molar-refractivity contribution in [2.75, 3.05) is 6.61 Å². The number of pyridine rings is 1. The van der Waals surface area contributed by atoms with Crippen molar-refractivity contribution >= 4 is 11.3 Å². The second kappa shape index (κ2) is 10.5. The van der Waals surface area contributed by atoms with Gasteiger partial charge < -0.3 is 9.30 Å². The molecule has 0 spiro atoms. The fraction of sp³-hybridized carbons (Fsp3) is 0.148. The largest absolute Gasteiger partial charge is 0.492 e. The minimum Gasteiger partial charge on any atom is -0.492 e. The van der Waals surface area contributed by atoms with Crippen molar-refractivity contribution in [3.05, 3.63) is 98.2 Å². The lowest BCUT2D eigenvalue weighted by Crippen LogP contribution is -2.28. The van der Waals surface area contributed by atoms with Gasteiger partial charge >= 0.3 is 6.18 Å². The lowest BCUT2D eigenvalue weighted by molar-refractivity contribution is -0.137. The number of benzene rings is 2. The monoisotopic (exact) mass is 541 g/mol. The van der Waals surface area contributed by atoms with Gasteiger partial charge in [0.2, 0.25) is 0 Å². The van der Waals surface area contributed by atoms with Gasteiger partial charge in [0.05, 0.1) is 34.8 Å². The zero-order valence-corrected chi connectivity index (χ0v) is 20.4. The molecule has 11 heteroatoms. The fourth-order valence-electron chi connectivity index (χ4n) is 3.86. The Morgan fingerprint density at radius 2 is 1.76 bits per heavy atom. The zero-order valence-electron chi connectivity index (χ0n) is 19.6. The number of hydrogen-bond donors (Lipinski definition) is 0. The standard InChI is InChI=1S/C27H16F5N3O2S/c1-2-37-24-6-4-15(7-17(24)11-33)18-8-25(38-14-18)23-10-21(27(30,31)32)20(12-34)26(36)35(23)13-16-3-5-19(28)9-22(16)29/h3-10,14H,2,13H2,1H3. The number of rotatable bonds is 6. The zero-order chi connectivity index (χ0) is 27.6. The van der Waals surface area contributed by atoms with Crippen molar-refractivity contribution in [1.82, 2.24) is 4.57 Å². The Morgan fingerprint density at radius 3 is 2.39 bits per heavy atom. The van der Waals surface area contributed by atoms with Crippen molar-refractivity contribution in [3.8, 4) is 39.6 Å². The van der Waals surface area contributed by atoms with E-state index in [9.17, 15) is 37.3 Å². The topological polar surface area (TPSA) is 78.8 Å². The van der Waals surface area contributed by atoms with Gasteiger partial charge in [-0.1, -0.05) is 12.1 Å². The molecule has 2 heterocycles. The number of halogens is 5. The van der Waals surface area contributed by atoms with E-state index in [4.69, 9.17) is 4.74 Å². The molecule has 0 amide bonds. The van der Waals surface area contributed by atoms with E-state index in [0.717, 1.165) is 28.0 Å². The third-order valence-electron chi connectivity index (χ3n) is 5.65. The van der Waals surface area contributed by atoms with E-state index >= 15 is 0 Å². The van der Waals surface area contributed by atoms with Crippen LogP contribution in [-0.2, 0) is 12.7 Å². The molecule has 0 aliphatic rings. The third kappa shape index (κ3) is 5.15. The normalized spacial score (nSPS) is 11.2. The molecule has 0 N–H and O–H groups in total. The maximum atomic E-state index is 14.4. The quantitative estimate of drug-likeness (QED) is 0.254. The van der Waals surface area contributed by atoms with Crippen molar-refractivity contribution in [2.24, 2.45) is 0 Å². The maximum absolute atomic E-state index is 14.4. The van der Waals surface area contributed by atoms with Crippen LogP contribution in [-0.4, -0.2) is 11.2 Å². The molecule has 2 aromatic carbocycles. The van der Waals surface area contributed by atoms with Crippen LogP contribution >= 0.6 is 11.3 Å². The lowest BCUT2D eigenvalue weighted by Gasteiger charge is -2.17. The van der Waals surface area contributed by atoms with Gasteiger partial charge in [0.15, 0.2) is 0 Å². The molecular weight excluding hydrogens is 525 g/mol. The van der Waals surface area contributed by atoms with E-state index in [1.807, 2.05) is 6.07 Å². The molecule has 5 nitrogen and oxygen atoms in total. The van der Waals surface area contributed by atoms with Crippen LogP contribution in [0, 0.1) is 34.3 Å². The number of nitrogens with zero attached hydrogens (tertiary/aromatic N) is 3. The van der Waals surface area contributed by atoms with Gasteiger partial charge in [-0.3, -0.25) is 4.79 Å². The Balaban J connectivity index is 1.90. The molecule has 0 unspecified atom stereocenters. The van der Waals surface area contributed by atoms with Crippen molar-refractivity contribution in [1.29, 1.82) is 10.5 Å². The summed E-state index contributed by atoms with van der Waals surface area (Å²) in [5.41, 5.74) is -2.77. The summed E-state index contributed by atoms with van der Waals surface area (Å²) in [6.07, 6.45) is -5.00. The van der Waals surface area contributed by atoms with Gasteiger partial charge in [-0.15, -0.1) is 11.3 Å². The minimum absolute atomic E-state index is 0.152. The molecule has 0 atom stereocenters. The fourth-order valence-corrected chi connectivity index (χ4v) is 4.80. The third-order valence-corrected chi connectivity index (χ3v) is 6.60. The molecule has 0 radical (unpaired) electrons. The first-order valence-corrected chi connectivity index (χ1v) is 11.9. The molecule has 2 aromatic heterocycles. The first kappa shape index (κ1) is 26.6. The predicted octanol–water partition coefficient (Wildman–Crippen LogP) is 6.73. The lowest BCUT2D eigenvalue weighted by atomic mass is 10.0. The van der Waals surface area contributed by atoms with E-state index in [2.05, 4.69) is 0 Å². The van der Waals surface area contributed by atoms with E-state index in [1.165, 1.54) is 12.1 Å². The van der Waals surface area contributed by atoms with Gasteiger partial charge in [-0.2, -0.15) is 23.7 Å². The molecule has 38 heavy (non-hydrogen) atoms. The molecule has 4 rings (SSSR count). The molecule has 0 saturated carbocycles. The summed E-state index contributed by atoms with van der Waals surface area (Å²) in [5, 5.41) is 20.4. The Hall–Kier alpha value is -4.48. The van der Waals surface area contributed by atoms with Crippen LogP contribution in [0.5, 0.6) is 5.75 Å². The molecule has 0 bridgehead atoms. The molecule has 192 valence electrons. The Bertz CT molecular complexity index is 1680. The van der Waals surface area contributed by atoms with Gasteiger partial charge in [-0.25, -0.2) is 8.78 Å². The van der Waals surface area contributed by atoms with Gasteiger partial charge in [-0.05, 0) is 53.8 Å². The van der Waals surface area contributed by atoms with Gasteiger partial charge in [0.1, 0.15) is 35.1 Å². The van der Waals surface area contributed by atoms with Crippen LogP contribution in [0.4, 0.5) is 22.0 Å². The average Bonchev–Trinajstić information content (AvgIpc) is 3.36.